The Morgan fingerprint density at radius 1 is 1.33 bits per heavy atom. The molecule has 0 spiro atoms. The van der Waals surface area contributed by atoms with Crippen LogP contribution in [0.2, 0.25) is 0 Å². The summed E-state index contributed by atoms with van der Waals surface area (Å²) >= 11 is 0. The van der Waals surface area contributed by atoms with Crippen molar-refractivity contribution in [2.45, 2.75) is 32.9 Å². The van der Waals surface area contributed by atoms with Gasteiger partial charge in [0.15, 0.2) is 0 Å². The van der Waals surface area contributed by atoms with Crippen LogP contribution in [-0.2, 0) is 6.54 Å². The Morgan fingerprint density at radius 2 is 2.08 bits per heavy atom. The highest BCUT2D eigenvalue weighted by Crippen LogP contribution is 2.14. The van der Waals surface area contributed by atoms with Gasteiger partial charge in [-0.1, -0.05) is 12.1 Å². The maximum absolute atomic E-state index is 12.0. The molecule has 3 amide bonds. The van der Waals surface area contributed by atoms with Gasteiger partial charge in [0.2, 0.25) is 0 Å². The third kappa shape index (κ3) is 4.21. The van der Waals surface area contributed by atoms with E-state index in [2.05, 4.69) is 20.9 Å². The molecule has 2 N–H and O–H groups in total. The maximum atomic E-state index is 12.0. The number of rotatable bonds is 6. The van der Waals surface area contributed by atoms with Crippen molar-refractivity contribution in [3.05, 3.63) is 23.8 Å². The molecule has 0 fully saturated rings. The molecule has 0 aliphatic rings. The lowest BCUT2D eigenvalue weighted by molar-refractivity contribution is 0.0827. The fourth-order valence-electron chi connectivity index (χ4n) is 2.18. The molecule has 24 heavy (non-hydrogen) atoms. The lowest BCUT2D eigenvalue weighted by atomic mass is 10.2. The number of fused-ring (bicyclic) bond motifs is 1. The van der Waals surface area contributed by atoms with Crippen molar-refractivity contribution in [2.24, 2.45) is 0 Å². The smallest absolute Gasteiger partial charge is 0.315 e. The monoisotopic (exact) mass is 332 g/mol. The molecule has 0 radical (unpaired) electrons. The average molecular weight is 332 g/mol. The predicted molar refractivity (Wildman–Crippen MR) is 91.8 cm³/mol. The van der Waals surface area contributed by atoms with E-state index in [1.54, 1.807) is 30.9 Å². The number of benzene rings is 1. The first-order valence-electron chi connectivity index (χ1n) is 8.01. The molecule has 1 aromatic heterocycles. The first-order valence-corrected chi connectivity index (χ1v) is 8.01. The summed E-state index contributed by atoms with van der Waals surface area (Å²) < 4.78 is 1.71. The molecule has 0 aliphatic heterocycles. The Kier molecular flexibility index (Phi) is 5.73. The summed E-state index contributed by atoms with van der Waals surface area (Å²) in [6.07, 6.45) is 0.884. The van der Waals surface area contributed by atoms with Crippen molar-refractivity contribution in [2.75, 3.05) is 20.6 Å². The van der Waals surface area contributed by atoms with Gasteiger partial charge >= 0.3 is 6.03 Å². The molecule has 1 atom stereocenters. The molecule has 0 aliphatic carbocycles. The molecule has 0 bridgehead atoms. The maximum Gasteiger partial charge on any atom is 0.315 e. The number of hydrogen-bond donors (Lipinski definition) is 2. The lowest BCUT2D eigenvalue weighted by Gasteiger charge is -2.12. The van der Waals surface area contributed by atoms with E-state index in [0.717, 1.165) is 11.9 Å². The van der Waals surface area contributed by atoms with Gasteiger partial charge in [-0.2, -0.15) is 0 Å². The van der Waals surface area contributed by atoms with Crippen LogP contribution in [0.5, 0.6) is 0 Å². The summed E-state index contributed by atoms with van der Waals surface area (Å²) in [7, 11) is 3.42. The molecule has 130 valence electrons. The largest absolute Gasteiger partial charge is 0.345 e. The Morgan fingerprint density at radius 3 is 2.75 bits per heavy atom. The second kappa shape index (κ2) is 7.76. The number of carbonyl (C=O) groups excluding carboxylic acids is 2. The molecule has 8 heteroatoms. The van der Waals surface area contributed by atoms with Gasteiger partial charge in [0.1, 0.15) is 5.52 Å². The standard InChI is InChI=1S/C16H24N6O2/c1-5-11(2)18-16(24)17-8-9-22-14-7-6-12(15(23)21(3)4)10-13(14)19-20-22/h6-7,10-11H,5,8-9H2,1-4H3,(H2,17,18,24). The molecule has 0 saturated carbocycles. The highest BCUT2D eigenvalue weighted by Gasteiger charge is 2.12. The van der Waals surface area contributed by atoms with Gasteiger partial charge in [-0.15, -0.1) is 5.10 Å². The SMILES string of the molecule is CCC(C)NC(=O)NCCn1nnc2cc(C(=O)N(C)C)ccc21. The van der Waals surface area contributed by atoms with Crippen LogP contribution >= 0.6 is 0 Å². The quantitative estimate of drug-likeness (QED) is 0.832. The first-order chi connectivity index (χ1) is 11.4. The number of hydrogen-bond acceptors (Lipinski definition) is 4. The van der Waals surface area contributed by atoms with Gasteiger partial charge in [0.05, 0.1) is 12.1 Å². The van der Waals surface area contributed by atoms with E-state index in [0.29, 0.717) is 24.2 Å². The van der Waals surface area contributed by atoms with Crippen LogP contribution in [0.25, 0.3) is 11.0 Å². The lowest BCUT2D eigenvalue weighted by Crippen LogP contribution is -2.41. The van der Waals surface area contributed by atoms with Crippen molar-refractivity contribution in [1.82, 2.24) is 30.5 Å². The highest BCUT2D eigenvalue weighted by molar-refractivity contribution is 5.97. The second-order valence-electron chi connectivity index (χ2n) is 5.93. The van der Waals surface area contributed by atoms with Crippen molar-refractivity contribution in [1.29, 1.82) is 0 Å². The topological polar surface area (TPSA) is 92.1 Å². The fraction of sp³-hybridized carbons (Fsp3) is 0.500. The Labute approximate surface area is 141 Å². The molecular weight excluding hydrogens is 308 g/mol. The van der Waals surface area contributed by atoms with Crippen LogP contribution in [0.3, 0.4) is 0 Å². The van der Waals surface area contributed by atoms with Gasteiger partial charge < -0.3 is 15.5 Å². The van der Waals surface area contributed by atoms with Gasteiger partial charge in [-0.05, 0) is 31.5 Å². The normalized spacial score (nSPS) is 12.0. The van der Waals surface area contributed by atoms with Crippen molar-refractivity contribution in [3.63, 3.8) is 0 Å². The summed E-state index contributed by atoms with van der Waals surface area (Å²) in [6, 6.07) is 5.26. The number of urea groups is 1. The molecule has 2 aromatic rings. The van der Waals surface area contributed by atoms with E-state index >= 15 is 0 Å². The van der Waals surface area contributed by atoms with Gasteiger partial charge in [0.25, 0.3) is 5.91 Å². The summed E-state index contributed by atoms with van der Waals surface area (Å²) in [5.74, 6) is -0.0742. The highest BCUT2D eigenvalue weighted by atomic mass is 16.2. The zero-order chi connectivity index (χ0) is 17.7. The van der Waals surface area contributed by atoms with Crippen LogP contribution in [0, 0.1) is 0 Å². The minimum atomic E-state index is -0.187. The van der Waals surface area contributed by atoms with E-state index in [-0.39, 0.29) is 18.0 Å². The second-order valence-corrected chi connectivity index (χ2v) is 5.93. The predicted octanol–water partition coefficient (Wildman–Crippen LogP) is 1.23. The summed E-state index contributed by atoms with van der Waals surface area (Å²) in [5, 5.41) is 13.8. The first kappa shape index (κ1) is 17.7. The summed E-state index contributed by atoms with van der Waals surface area (Å²) in [6.45, 7) is 4.92. The van der Waals surface area contributed by atoms with E-state index in [1.165, 1.54) is 4.90 Å². The minimum absolute atomic E-state index is 0.0742. The van der Waals surface area contributed by atoms with Crippen molar-refractivity contribution < 1.29 is 9.59 Å². The van der Waals surface area contributed by atoms with E-state index in [4.69, 9.17) is 0 Å². The summed E-state index contributed by atoms with van der Waals surface area (Å²) in [5.41, 5.74) is 2.06. The third-order valence-electron chi connectivity index (χ3n) is 3.77. The number of carbonyl (C=O) groups is 2. The number of aromatic nitrogens is 3. The van der Waals surface area contributed by atoms with Gasteiger partial charge in [-0.3, -0.25) is 4.79 Å². The van der Waals surface area contributed by atoms with Crippen LogP contribution < -0.4 is 10.6 Å². The fourth-order valence-corrected chi connectivity index (χ4v) is 2.18. The third-order valence-corrected chi connectivity index (χ3v) is 3.77. The molecule has 1 unspecified atom stereocenters. The molecular formula is C16H24N6O2. The van der Waals surface area contributed by atoms with Crippen LogP contribution in [-0.4, -0.2) is 58.5 Å². The number of amides is 3. The molecule has 2 rings (SSSR count). The zero-order valence-corrected chi connectivity index (χ0v) is 14.5. The molecule has 1 aromatic carbocycles. The Hall–Kier alpha value is -2.64. The molecule has 0 saturated heterocycles. The van der Waals surface area contributed by atoms with Crippen molar-refractivity contribution in [3.8, 4) is 0 Å². The van der Waals surface area contributed by atoms with E-state index in [9.17, 15) is 9.59 Å². The van der Waals surface area contributed by atoms with Gasteiger partial charge in [-0.25, -0.2) is 9.48 Å². The van der Waals surface area contributed by atoms with Crippen molar-refractivity contribution >= 4 is 23.0 Å². The minimum Gasteiger partial charge on any atom is -0.345 e. The van der Waals surface area contributed by atoms with Crippen LogP contribution in [0.4, 0.5) is 4.79 Å². The Balaban J connectivity index is 1.98. The zero-order valence-electron chi connectivity index (χ0n) is 14.5. The number of nitrogens with zero attached hydrogens (tertiary/aromatic N) is 4. The average Bonchev–Trinajstić information content (AvgIpc) is 2.96. The number of nitrogens with one attached hydrogen (secondary N) is 2. The van der Waals surface area contributed by atoms with Crippen LogP contribution in [0.1, 0.15) is 30.6 Å². The molecule has 1 heterocycles. The van der Waals surface area contributed by atoms with E-state index in [1.807, 2.05) is 19.9 Å². The van der Waals surface area contributed by atoms with E-state index < -0.39 is 0 Å². The Bertz CT molecular complexity index is 724. The van der Waals surface area contributed by atoms with Gasteiger partial charge in [0, 0.05) is 32.2 Å². The summed E-state index contributed by atoms with van der Waals surface area (Å²) in [4.78, 5) is 25.2. The van der Waals surface area contributed by atoms with Crippen LogP contribution in [0.15, 0.2) is 18.2 Å². The molecule has 8 nitrogen and oxygen atoms in total.